The van der Waals surface area contributed by atoms with E-state index in [9.17, 15) is 4.79 Å². The summed E-state index contributed by atoms with van der Waals surface area (Å²) in [6.45, 7) is 5.15. The number of aromatic nitrogens is 3. The summed E-state index contributed by atoms with van der Waals surface area (Å²) in [7, 11) is 0. The molecule has 3 heterocycles. The third-order valence-corrected chi connectivity index (χ3v) is 5.45. The highest BCUT2D eigenvalue weighted by atomic mass is 32.2. The number of hydrogen-bond acceptors (Lipinski definition) is 6. The van der Waals surface area contributed by atoms with Gasteiger partial charge in [-0.05, 0) is 13.0 Å². The number of carbonyl (C=O) groups is 1. The average Bonchev–Trinajstić information content (AvgIpc) is 2.99. The van der Waals surface area contributed by atoms with Crippen molar-refractivity contribution in [3.05, 3.63) is 29.4 Å². The number of H-pyrrole nitrogens is 1. The minimum absolute atomic E-state index is 0.176. The van der Waals surface area contributed by atoms with Gasteiger partial charge in [-0.15, -0.1) is 10.2 Å². The lowest BCUT2D eigenvalue weighted by Crippen LogP contribution is -2.50. The number of pyridine rings is 1. The minimum atomic E-state index is 0.176. The second kappa shape index (κ2) is 7.06. The van der Waals surface area contributed by atoms with Crippen molar-refractivity contribution in [1.29, 1.82) is 0 Å². The summed E-state index contributed by atoms with van der Waals surface area (Å²) in [6.07, 6.45) is 1.92. The number of aryl methyl sites for hydroxylation is 1. The van der Waals surface area contributed by atoms with E-state index in [2.05, 4.69) is 26.1 Å². The molecule has 1 fully saturated rings. The highest BCUT2D eigenvalue weighted by Gasteiger charge is 2.26. The predicted molar refractivity (Wildman–Crippen MR) is 87.2 cm³/mol. The molecule has 3 rings (SSSR count). The van der Waals surface area contributed by atoms with E-state index in [-0.39, 0.29) is 5.91 Å². The minimum Gasteiger partial charge on any atom is -0.334 e. The Morgan fingerprint density at radius 3 is 2.77 bits per heavy atom. The van der Waals surface area contributed by atoms with E-state index < -0.39 is 0 Å². The van der Waals surface area contributed by atoms with Gasteiger partial charge in [-0.3, -0.25) is 9.69 Å². The molecule has 0 atom stereocenters. The summed E-state index contributed by atoms with van der Waals surface area (Å²) in [5.74, 6) is 1.72. The molecule has 0 saturated carbocycles. The van der Waals surface area contributed by atoms with Crippen molar-refractivity contribution in [1.82, 2.24) is 15.1 Å². The SMILES string of the molecule is Cc1nnc(SCC(=O)N2CCN(c3cccc[nH+]3)CC2)s1. The Bertz CT molecular complexity index is 625. The molecule has 1 amide bonds. The topological polar surface area (TPSA) is 63.5 Å². The van der Waals surface area contributed by atoms with Crippen LogP contribution in [0.2, 0.25) is 0 Å². The first-order chi connectivity index (χ1) is 10.7. The van der Waals surface area contributed by atoms with Crippen LogP contribution in [0.4, 0.5) is 5.82 Å². The van der Waals surface area contributed by atoms with E-state index in [4.69, 9.17) is 0 Å². The Balaban J connectivity index is 1.47. The Morgan fingerprint density at radius 1 is 1.32 bits per heavy atom. The molecule has 0 bridgehead atoms. The fraction of sp³-hybridized carbons (Fsp3) is 0.429. The molecular formula is C14H18N5OS2+. The van der Waals surface area contributed by atoms with Crippen LogP contribution < -0.4 is 9.88 Å². The first-order valence-corrected chi connectivity index (χ1v) is 8.95. The molecule has 1 aliphatic rings. The lowest BCUT2D eigenvalue weighted by molar-refractivity contribution is -0.364. The second-order valence-corrected chi connectivity index (χ2v) is 7.40. The molecule has 0 aromatic carbocycles. The van der Waals surface area contributed by atoms with E-state index in [1.165, 1.54) is 23.1 Å². The van der Waals surface area contributed by atoms with E-state index in [1.54, 1.807) is 0 Å². The molecule has 8 heteroatoms. The fourth-order valence-corrected chi connectivity index (χ4v) is 4.05. The normalized spacial score (nSPS) is 15.1. The molecule has 1 aliphatic heterocycles. The molecular weight excluding hydrogens is 318 g/mol. The number of nitrogens with zero attached hydrogens (tertiary/aromatic N) is 4. The van der Waals surface area contributed by atoms with E-state index in [0.717, 1.165) is 41.3 Å². The van der Waals surface area contributed by atoms with Crippen molar-refractivity contribution in [2.75, 3.05) is 36.8 Å². The first-order valence-electron chi connectivity index (χ1n) is 7.15. The summed E-state index contributed by atoms with van der Waals surface area (Å²) in [6, 6.07) is 6.05. The number of thioether (sulfide) groups is 1. The lowest BCUT2D eigenvalue weighted by atomic mass is 10.3. The highest BCUT2D eigenvalue weighted by molar-refractivity contribution is 8.01. The van der Waals surface area contributed by atoms with E-state index in [0.29, 0.717) is 5.75 Å². The Kier molecular flexibility index (Phi) is 4.89. The summed E-state index contributed by atoms with van der Waals surface area (Å²) in [5, 5.41) is 8.93. The summed E-state index contributed by atoms with van der Waals surface area (Å²) >= 11 is 3.01. The molecule has 2 aromatic heterocycles. The number of anilines is 1. The van der Waals surface area contributed by atoms with Crippen LogP contribution in [0.3, 0.4) is 0 Å². The van der Waals surface area contributed by atoms with Gasteiger partial charge in [-0.25, -0.2) is 4.98 Å². The largest absolute Gasteiger partial charge is 0.334 e. The molecule has 0 aliphatic carbocycles. The van der Waals surface area contributed by atoms with Gasteiger partial charge in [0.25, 0.3) is 5.82 Å². The van der Waals surface area contributed by atoms with Crippen molar-refractivity contribution >= 4 is 34.8 Å². The number of piperazine rings is 1. The van der Waals surface area contributed by atoms with E-state index in [1.807, 2.05) is 30.2 Å². The predicted octanol–water partition coefficient (Wildman–Crippen LogP) is 1.10. The van der Waals surface area contributed by atoms with Gasteiger partial charge in [0, 0.05) is 6.07 Å². The van der Waals surface area contributed by atoms with Crippen LogP contribution in [0.15, 0.2) is 28.7 Å². The highest BCUT2D eigenvalue weighted by Crippen LogP contribution is 2.22. The zero-order valence-corrected chi connectivity index (χ0v) is 14.0. The van der Waals surface area contributed by atoms with Crippen LogP contribution in [0.5, 0.6) is 0 Å². The van der Waals surface area contributed by atoms with Crippen LogP contribution in [-0.4, -0.2) is 52.9 Å². The molecule has 0 radical (unpaired) electrons. The monoisotopic (exact) mass is 336 g/mol. The number of aromatic amines is 1. The molecule has 1 N–H and O–H groups in total. The Hall–Kier alpha value is -1.67. The summed E-state index contributed by atoms with van der Waals surface area (Å²) < 4.78 is 0.864. The van der Waals surface area contributed by atoms with Crippen LogP contribution in [0.1, 0.15) is 5.01 Å². The number of nitrogens with one attached hydrogen (secondary N) is 1. The maximum atomic E-state index is 12.3. The van der Waals surface area contributed by atoms with Crippen molar-refractivity contribution in [3.8, 4) is 0 Å². The van der Waals surface area contributed by atoms with Gasteiger partial charge in [0.15, 0.2) is 4.34 Å². The van der Waals surface area contributed by atoms with Gasteiger partial charge in [-0.2, -0.15) is 0 Å². The van der Waals surface area contributed by atoms with Crippen molar-refractivity contribution in [2.24, 2.45) is 0 Å². The molecule has 2 aromatic rings. The number of carbonyl (C=O) groups excluding carboxylic acids is 1. The summed E-state index contributed by atoms with van der Waals surface area (Å²) in [5.41, 5.74) is 0. The number of rotatable bonds is 4. The van der Waals surface area contributed by atoms with Gasteiger partial charge >= 0.3 is 0 Å². The Labute approximate surface area is 137 Å². The molecule has 22 heavy (non-hydrogen) atoms. The van der Waals surface area contributed by atoms with Crippen molar-refractivity contribution in [2.45, 2.75) is 11.3 Å². The number of amides is 1. The third-order valence-electron chi connectivity index (χ3n) is 3.49. The maximum Gasteiger partial charge on any atom is 0.274 e. The summed E-state index contributed by atoms with van der Waals surface area (Å²) in [4.78, 5) is 19.7. The van der Waals surface area contributed by atoms with Crippen LogP contribution in [0, 0.1) is 6.92 Å². The molecule has 6 nitrogen and oxygen atoms in total. The zero-order valence-electron chi connectivity index (χ0n) is 12.4. The first kappa shape index (κ1) is 15.2. The molecule has 1 saturated heterocycles. The van der Waals surface area contributed by atoms with Gasteiger partial charge in [0.2, 0.25) is 5.91 Å². The van der Waals surface area contributed by atoms with Crippen LogP contribution >= 0.6 is 23.1 Å². The third kappa shape index (κ3) is 3.75. The maximum absolute atomic E-state index is 12.3. The smallest absolute Gasteiger partial charge is 0.274 e. The van der Waals surface area contributed by atoms with Crippen molar-refractivity contribution in [3.63, 3.8) is 0 Å². The van der Waals surface area contributed by atoms with Crippen LogP contribution in [-0.2, 0) is 4.79 Å². The quantitative estimate of drug-likeness (QED) is 0.783. The fourth-order valence-electron chi connectivity index (χ4n) is 2.33. The van der Waals surface area contributed by atoms with E-state index >= 15 is 0 Å². The standard InChI is InChI=1S/C14H17N5OS2/c1-11-16-17-14(22-11)21-10-13(20)19-8-6-18(7-9-19)12-4-2-3-5-15-12/h2-5H,6-10H2,1H3/p+1. The molecule has 0 spiro atoms. The number of hydrogen-bond donors (Lipinski definition) is 0. The van der Waals surface area contributed by atoms with Gasteiger partial charge in [0.1, 0.15) is 18.1 Å². The average molecular weight is 336 g/mol. The van der Waals surface area contributed by atoms with Crippen LogP contribution in [0.25, 0.3) is 0 Å². The zero-order chi connectivity index (χ0) is 15.4. The van der Waals surface area contributed by atoms with Gasteiger partial charge < -0.3 is 4.90 Å². The van der Waals surface area contributed by atoms with Gasteiger partial charge in [-0.1, -0.05) is 29.2 Å². The molecule has 116 valence electrons. The van der Waals surface area contributed by atoms with Gasteiger partial charge in [0.05, 0.1) is 25.0 Å². The Morgan fingerprint density at radius 2 is 2.14 bits per heavy atom. The lowest BCUT2D eigenvalue weighted by Gasteiger charge is -2.30. The molecule has 0 unspecified atom stereocenters. The van der Waals surface area contributed by atoms with Crippen molar-refractivity contribution < 1.29 is 9.78 Å². The second-order valence-electron chi connectivity index (χ2n) is 4.99.